The van der Waals surface area contributed by atoms with E-state index < -0.39 is 11.7 Å². The number of hydrogen-bond donors (Lipinski definition) is 2. The van der Waals surface area contributed by atoms with Crippen molar-refractivity contribution in [2.24, 2.45) is 0 Å². The van der Waals surface area contributed by atoms with Gasteiger partial charge in [-0.2, -0.15) is 6.42 Å². The average Bonchev–Trinajstić information content (AvgIpc) is 2.44. The highest BCUT2D eigenvalue weighted by Crippen LogP contribution is 2.39. The maximum absolute atomic E-state index is 11.0. The Balaban J connectivity index is 2.62. The van der Waals surface area contributed by atoms with Gasteiger partial charge in [0.2, 0.25) is 0 Å². The van der Waals surface area contributed by atoms with Gasteiger partial charge in [0.05, 0.1) is 6.10 Å². The van der Waals surface area contributed by atoms with Crippen LogP contribution < -0.4 is 0 Å². The predicted octanol–water partition coefficient (Wildman–Crippen LogP) is 4.33. The summed E-state index contributed by atoms with van der Waals surface area (Å²) >= 11 is 0. The van der Waals surface area contributed by atoms with E-state index in [1.165, 1.54) is 32.1 Å². The van der Waals surface area contributed by atoms with Gasteiger partial charge >= 0.3 is 0 Å². The molecule has 0 bridgehead atoms. The fourth-order valence-corrected chi connectivity index (χ4v) is 3.04. The van der Waals surface area contributed by atoms with Crippen LogP contribution in [0.1, 0.15) is 72.1 Å². The lowest BCUT2D eigenvalue weighted by Gasteiger charge is -2.39. The Kier molecular flexibility index (Phi) is 6.97. The highest BCUT2D eigenvalue weighted by Gasteiger charge is 2.36. The van der Waals surface area contributed by atoms with Crippen molar-refractivity contribution < 1.29 is 10.2 Å². The van der Waals surface area contributed by atoms with Gasteiger partial charge in [-0.25, -0.2) is 0 Å². The molecule has 0 saturated heterocycles. The Morgan fingerprint density at radius 3 is 2.35 bits per heavy atom. The maximum Gasteiger partial charge on any atom is 0.104 e. The van der Waals surface area contributed by atoms with Gasteiger partial charge in [-0.1, -0.05) is 50.7 Å². The summed E-state index contributed by atoms with van der Waals surface area (Å²) in [6.45, 7) is 9.97. The van der Waals surface area contributed by atoms with Gasteiger partial charge < -0.3 is 17.1 Å². The van der Waals surface area contributed by atoms with Gasteiger partial charge in [0.1, 0.15) is 5.60 Å². The van der Waals surface area contributed by atoms with E-state index in [0.717, 1.165) is 29.6 Å². The maximum atomic E-state index is 11.0. The Hall–Kier alpha value is -0.600. The summed E-state index contributed by atoms with van der Waals surface area (Å²) in [6, 6.07) is 0. The molecular formula is C18H31O2-. The number of unbranched alkanes of at least 4 members (excludes halogenated alkanes) is 5. The molecule has 0 spiro atoms. The van der Waals surface area contributed by atoms with Crippen molar-refractivity contribution in [2.45, 2.75) is 83.8 Å². The van der Waals surface area contributed by atoms with Crippen molar-refractivity contribution in [3.8, 4) is 0 Å². The minimum Gasteiger partial charge on any atom is -0.385 e. The summed E-state index contributed by atoms with van der Waals surface area (Å²) in [5.74, 6) is 0. The first-order chi connectivity index (χ1) is 9.47. The molecule has 1 aliphatic rings. The zero-order valence-corrected chi connectivity index (χ0v) is 13.4. The van der Waals surface area contributed by atoms with Crippen LogP contribution in [0.3, 0.4) is 0 Å². The number of aliphatic hydroxyl groups is 2. The Bertz CT molecular complexity index is 368. The molecule has 0 heterocycles. The molecule has 0 saturated carbocycles. The first-order valence-corrected chi connectivity index (χ1v) is 8.06. The molecule has 0 aromatic heterocycles. The van der Waals surface area contributed by atoms with Crippen LogP contribution in [0.25, 0.3) is 0 Å². The topological polar surface area (TPSA) is 40.5 Å². The molecule has 2 N–H and O–H groups in total. The normalized spacial score (nSPS) is 26.9. The van der Waals surface area contributed by atoms with Crippen LogP contribution in [0.2, 0.25) is 0 Å². The van der Waals surface area contributed by atoms with E-state index in [0.29, 0.717) is 6.42 Å². The van der Waals surface area contributed by atoms with Crippen LogP contribution >= 0.6 is 0 Å². The molecule has 20 heavy (non-hydrogen) atoms. The largest absolute Gasteiger partial charge is 0.385 e. The number of aliphatic hydroxyl groups excluding tert-OH is 1. The van der Waals surface area contributed by atoms with E-state index in [1.807, 2.05) is 13.8 Å². The van der Waals surface area contributed by atoms with Crippen molar-refractivity contribution in [1.82, 2.24) is 0 Å². The van der Waals surface area contributed by atoms with Crippen molar-refractivity contribution in [1.29, 1.82) is 0 Å². The minimum absolute atomic E-state index is 0.550. The highest BCUT2D eigenvalue weighted by atomic mass is 16.3. The minimum atomic E-state index is -0.879. The smallest absolute Gasteiger partial charge is 0.104 e. The lowest BCUT2D eigenvalue weighted by molar-refractivity contribution is 0.0904. The zero-order chi connectivity index (χ0) is 15.2. The van der Waals surface area contributed by atoms with Crippen LogP contribution in [0, 0.1) is 6.92 Å². The van der Waals surface area contributed by atoms with E-state index in [2.05, 4.69) is 13.8 Å². The Morgan fingerprint density at radius 2 is 1.75 bits per heavy atom. The molecular weight excluding hydrogens is 248 g/mol. The third-order valence-corrected chi connectivity index (χ3v) is 4.71. The van der Waals surface area contributed by atoms with Gasteiger partial charge in [-0.3, -0.25) is 0 Å². The second-order valence-electron chi connectivity index (χ2n) is 6.07. The second kappa shape index (κ2) is 7.99. The summed E-state index contributed by atoms with van der Waals surface area (Å²) < 4.78 is 0. The van der Waals surface area contributed by atoms with Crippen molar-refractivity contribution in [3.05, 3.63) is 29.7 Å². The summed E-state index contributed by atoms with van der Waals surface area (Å²) in [7, 11) is 0. The van der Waals surface area contributed by atoms with Crippen molar-refractivity contribution in [2.75, 3.05) is 0 Å². The Labute approximate surface area is 124 Å². The average molecular weight is 279 g/mol. The summed E-state index contributed by atoms with van der Waals surface area (Å²) in [5, 5.41) is 21.0. The molecule has 1 aliphatic carbocycles. The van der Waals surface area contributed by atoms with Crippen LogP contribution in [0.15, 0.2) is 22.8 Å². The number of hydrogen-bond acceptors (Lipinski definition) is 2. The molecule has 0 radical (unpaired) electrons. The third kappa shape index (κ3) is 3.95. The molecule has 0 fully saturated rings. The summed E-state index contributed by atoms with van der Waals surface area (Å²) in [4.78, 5) is 0. The quantitative estimate of drug-likeness (QED) is 0.394. The van der Waals surface area contributed by atoms with Crippen LogP contribution in [0.5, 0.6) is 0 Å². The molecule has 0 aliphatic heterocycles. The fourth-order valence-electron chi connectivity index (χ4n) is 3.04. The lowest BCUT2D eigenvalue weighted by atomic mass is 9.74. The SMILES string of the molecule is [CH2-]CC1=CC(O)C(C)=C(C)C1(O)CCCCCCCC. The van der Waals surface area contributed by atoms with Crippen molar-refractivity contribution >= 4 is 0 Å². The first kappa shape index (κ1) is 17.5. The van der Waals surface area contributed by atoms with Gasteiger partial charge in [0.25, 0.3) is 0 Å². The third-order valence-electron chi connectivity index (χ3n) is 4.71. The van der Waals surface area contributed by atoms with Crippen LogP contribution in [-0.4, -0.2) is 21.9 Å². The standard InChI is InChI=1S/C18H31O2/c1-5-7-8-9-10-11-12-18(20)15(4)14(3)17(19)13-16(18)6-2/h13,17,19-20H,2,5-12H2,1,3-4H3/q-1. The second-order valence-corrected chi connectivity index (χ2v) is 6.07. The van der Waals surface area contributed by atoms with Gasteiger partial charge in [-0.15, -0.1) is 0 Å². The van der Waals surface area contributed by atoms with Crippen LogP contribution in [0.4, 0.5) is 0 Å². The van der Waals surface area contributed by atoms with E-state index in [4.69, 9.17) is 0 Å². The molecule has 2 heteroatoms. The zero-order valence-electron chi connectivity index (χ0n) is 13.4. The lowest BCUT2D eigenvalue weighted by Crippen LogP contribution is -2.38. The first-order valence-electron chi connectivity index (χ1n) is 8.06. The molecule has 2 atom stereocenters. The molecule has 0 aromatic rings. The molecule has 0 amide bonds. The highest BCUT2D eigenvalue weighted by molar-refractivity contribution is 5.42. The fraction of sp³-hybridized carbons (Fsp3) is 0.722. The molecule has 2 nitrogen and oxygen atoms in total. The van der Waals surface area contributed by atoms with E-state index >= 15 is 0 Å². The van der Waals surface area contributed by atoms with Gasteiger partial charge in [-0.05, 0) is 37.8 Å². The van der Waals surface area contributed by atoms with Gasteiger partial charge in [0, 0.05) is 0 Å². The van der Waals surface area contributed by atoms with E-state index in [1.54, 1.807) is 6.08 Å². The molecule has 116 valence electrons. The summed E-state index contributed by atoms with van der Waals surface area (Å²) in [6.07, 6.45) is 9.82. The van der Waals surface area contributed by atoms with E-state index in [-0.39, 0.29) is 0 Å². The molecule has 2 unspecified atom stereocenters. The Morgan fingerprint density at radius 1 is 1.15 bits per heavy atom. The monoisotopic (exact) mass is 279 g/mol. The summed E-state index contributed by atoms with van der Waals surface area (Å²) in [5.41, 5.74) is 1.80. The number of rotatable bonds is 8. The van der Waals surface area contributed by atoms with Gasteiger partial charge in [0.15, 0.2) is 0 Å². The van der Waals surface area contributed by atoms with E-state index in [9.17, 15) is 10.2 Å². The van der Waals surface area contributed by atoms with Crippen molar-refractivity contribution in [3.63, 3.8) is 0 Å². The molecule has 0 aromatic carbocycles. The molecule has 1 rings (SSSR count). The predicted molar refractivity (Wildman–Crippen MR) is 85.4 cm³/mol. The van der Waals surface area contributed by atoms with Crippen LogP contribution in [-0.2, 0) is 0 Å².